The number of pyridine rings is 2. The number of halogens is 1. The second-order valence-electron chi connectivity index (χ2n) is 4.23. The number of aliphatic hydroxyl groups excluding tert-OH is 1. The van der Waals surface area contributed by atoms with Crippen molar-refractivity contribution in [2.45, 2.75) is 6.10 Å². The average Bonchev–Trinajstić information content (AvgIpc) is 2.46. The molecule has 0 radical (unpaired) electrons. The van der Waals surface area contributed by atoms with E-state index >= 15 is 0 Å². The van der Waals surface area contributed by atoms with E-state index in [1.165, 1.54) is 0 Å². The highest BCUT2D eigenvalue weighted by Gasteiger charge is 2.15. The first kappa shape index (κ1) is 12.3. The lowest BCUT2D eigenvalue weighted by atomic mass is 10.0. The fourth-order valence-corrected chi connectivity index (χ4v) is 2.49. The van der Waals surface area contributed by atoms with Gasteiger partial charge in [0.05, 0.1) is 11.2 Å². The largest absolute Gasteiger partial charge is 0.382 e. The molecule has 1 atom stereocenters. The predicted octanol–water partition coefficient (Wildman–Crippen LogP) is 3.47. The molecule has 0 saturated heterocycles. The Morgan fingerprint density at radius 1 is 1.00 bits per heavy atom. The molecule has 0 bridgehead atoms. The lowest BCUT2D eigenvalue weighted by Crippen LogP contribution is -2.03. The summed E-state index contributed by atoms with van der Waals surface area (Å²) in [6, 6.07) is 13.3. The molecule has 0 fully saturated rings. The van der Waals surface area contributed by atoms with Gasteiger partial charge in [0.2, 0.25) is 0 Å². The van der Waals surface area contributed by atoms with Gasteiger partial charge in [-0.15, -0.1) is 0 Å². The Hall–Kier alpha value is -1.78. The molecular weight excluding hydrogens is 304 g/mol. The molecule has 0 aliphatic rings. The van der Waals surface area contributed by atoms with Crippen molar-refractivity contribution >= 4 is 26.8 Å². The standard InChI is InChI=1S/C15H11BrN2O/c16-12-4-2-8-18-14(12)15(19)11-5-6-13-10(9-11)3-1-7-17-13/h1-9,15,19H. The summed E-state index contributed by atoms with van der Waals surface area (Å²) in [5.74, 6) is 0. The molecule has 1 unspecified atom stereocenters. The fourth-order valence-electron chi connectivity index (χ4n) is 2.02. The van der Waals surface area contributed by atoms with Crippen LogP contribution in [0.25, 0.3) is 10.9 Å². The number of hydrogen-bond donors (Lipinski definition) is 1. The maximum absolute atomic E-state index is 10.4. The summed E-state index contributed by atoms with van der Waals surface area (Å²) >= 11 is 3.41. The summed E-state index contributed by atoms with van der Waals surface area (Å²) in [6.45, 7) is 0. The molecule has 19 heavy (non-hydrogen) atoms. The first-order valence-corrected chi connectivity index (χ1v) is 6.68. The van der Waals surface area contributed by atoms with Crippen LogP contribution in [0.1, 0.15) is 17.4 Å². The topological polar surface area (TPSA) is 46.0 Å². The second kappa shape index (κ2) is 5.07. The SMILES string of the molecule is OC(c1ccc2ncccc2c1)c1ncccc1Br. The highest BCUT2D eigenvalue weighted by molar-refractivity contribution is 9.10. The van der Waals surface area contributed by atoms with Crippen LogP contribution in [0.15, 0.2) is 59.3 Å². The van der Waals surface area contributed by atoms with E-state index in [1.54, 1.807) is 12.4 Å². The lowest BCUT2D eigenvalue weighted by molar-refractivity contribution is 0.214. The van der Waals surface area contributed by atoms with Gasteiger partial charge in [-0.25, -0.2) is 0 Å². The number of rotatable bonds is 2. The number of fused-ring (bicyclic) bond motifs is 1. The third-order valence-electron chi connectivity index (χ3n) is 2.99. The summed E-state index contributed by atoms with van der Waals surface area (Å²) in [6.07, 6.45) is 2.68. The normalized spacial score (nSPS) is 12.5. The zero-order chi connectivity index (χ0) is 13.2. The summed E-state index contributed by atoms with van der Waals surface area (Å²) < 4.78 is 0.800. The van der Waals surface area contributed by atoms with Crippen LogP contribution >= 0.6 is 15.9 Å². The molecule has 3 rings (SSSR count). The van der Waals surface area contributed by atoms with E-state index in [-0.39, 0.29) is 0 Å². The van der Waals surface area contributed by atoms with Crippen LogP contribution in [0.5, 0.6) is 0 Å². The van der Waals surface area contributed by atoms with E-state index < -0.39 is 6.10 Å². The number of benzene rings is 1. The van der Waals surface area contributed by atoms with Crippen molar-refractivity contribution in [1.82, 2.24) is 9.97 Å². The molecule has 0 amide bonds. The van der Waals surface area contributed by atoms with E-state index in [4.69, 9.17) is 0 Å². The molecule has 1 aromatic carbocycles. The van der Waals surface area contributed by atoms with Crippen molar-refractivity contribution in [2.75, 3.05) is 0 Å². The Labute approximate surface area is 119 Å². The Morgan fingerprint density at radius 3 is 2.63 bits per heavy atom. The minimum absolute atomic E-state index is 0.616. The van der Waals surface area contributed by atoms with Gasteiger partial charge >= 0.3 is 0 Å². The Morgan fingerprint density at radius 2 is 1.79 bits per heavy atom. The molecule has 0 spiro atoms. The van der Waals surface area contributed by atoms with Gasteiger partial charge in [-0.05, 0) is 51.8 Å². The quantitative estimate of drug-likeness (QED) is 0.787. The maximum Gasteiger partial charge on any atom is 0.122 e. The van der Waals surface area contributed by atoms with Crippen LogP contribution < -0.4 is 0 Å². The fraction of sp³-hybridized carbons (Fsp3) is 0.0667. The van der Waals surface area contributed by atoms with Crippen molar-refractivity contribution in [3.63, 3.8) is 0 Å². The Bertz CT molecular complexity index is 730. The number of nitrogens with zero attached hydrogens (tertiary/aromatic N) is 2. The monoisotopic (exact) mass is 314 g/mol. The van der Waals surface area contributed by atoms with Crippen molar-refractivity contribution < 1.29 is 5.11 Å². The molecule has 0 saturated carbocycles. The highest BCUT2D eigenvalue weighted by Crippen LogP contribution is 2.28. The van der Waals surface area contributed by atoms with Gasteiger partial charge in [0.1, 0.15) is 6.10 Å². The number of hydrogen-bond acceptors (Lipinski definition) is 3. The van der Waals surface area contributed by atoms with E-state index in [1.807, 2.05) is 42.5 Å². The predicted molar refractivity (Wildman–Crippen MR) is 77.7 cm³/mol. The van der Waals surface area contributed by atoms with Crippen LogP contribution in [0.4, 0.5) is 0 Å². The van der Waals surface area contributed by atoms with Crippen LogP contribution in [-0.4, -0.2) is 15.1 Å². The Balaban J connectivity index is 2.07. The first-order chi connectivity index (χ1) is 9.25. The summed E-state index contributed by atoms with van der Waals surface area (Å²) in [4.78, 5) is 8.49. The van der Waals surface area contributed by atoms with Crippen LogP contribution in [0, 0.1) is 0 Å². The number of aliphatic hydroxyl groups is 1. The molecule has 0 aliphatic carbocycles. The van der Waals surface area contributed by atoms with Gasteiger partial charge in [0.15, 0.2) is 0 Å². The summed E-state index contributed by atoms with van der Waals surface area (Å²) in [5.41, 5.74) is 2.34. The van der Waals surface area contributed by atoms with Gasteiger partial charge in [-0.2, -0.15) is 0 Å². The van der Waals surface area contributed by atoms with E-state index in [2.05, 4.69) is 25.9 Å². The second-order valence-corrected chi connectivity index (χ2v) is 5.08. The van der Waals surface area contributed by atoms with Crippen LogP contribution in [-0.2, 0) is 0 Å². The summed E-state index contributed by atoms with van der Waals surface area (Å²) in [7, 11) is 0. The zero-order valence-corrected chi connectivity index (χ0v) is 11.6. The molecule has 1 N–H and O–H groups in total. The van der Waals surface area contributed by atoms with Crippen LogP contribution in [0.3, 0.4) is 0 Å². The number of aromatic nitrogens is 2. The van der Waals surface area contributed by atoms with Gasteiger partial charge in [0, 0.05) is 22.3 Å². The summed E-state index contributed by atoms with van der Waals surface area (Å²) in [5, 5.41) is 11.4. The van der Waals surface area contributed by atoms with Crippen molar-refractivity contribution in [3.05, 3.63) is 70.6 Å². The van der Waals surface area contributed by atoms with Crippen molar-refractivity contribution in [3.8, 4) is 0 Å². The van der Waals surface area contributed by atoms with E-state index in [9.17, 15) is 5.11 Å². The van der Waals surface area contributed by atoms with Crippen molar-refractivity contribution in [2.24, 2.45) is 0 Å². The minimum Gasteiger partial charge on any atom is -0.382 e. The molecule has 3 aromatic rings. The highest BCUT2D eigenvalue weighted by atomic mass is 79.9. The molecule has 3 nitrogen and oxygen atoms in total. The average molecular weight is 315 g/mol. The van der Waals surface area contributed by atoms with Gasteiger partial charge in [0.25, 0.3) is 0 Å². The molecule has 94 valence electrons. The first-order valence-electron chi connectivity index (χ1n) is 5.89. The third-order valence-corrected chi connectivity index (χ3v) is 3.66. The maximum atomic E-state index is 10.4. The van der Waals surface area contributed by atoms with Gasteiger partial charge in [-0.1, -0.05) is 12.1 Å². The molecule has 0 aliphatic heterocycles. The third kappa shape index (κ3) is 2.37. The van der Waals surface area contributed by atoms with E-state index in [0.717, 1.165) is 20.9 Å². The molecular formula is C15H11BrN2O. The van der Waals surface area contributed by atoms with Gasteiger partial charge < -0.3 is 5.11 Å². The Kier molecular flexibility index (Phi) is 3.27. The smallest absolute Gasteiger partial charge is 0.122 e. The molecule has 2 heterocycles. The molecule has 2 aromatic heterocycles. The minimum atomic E-state index is -0.750. The van der Waals surface area contributed by atoms with Crippen molar-refractivity contribution in [1.29, 1.82) is 0 Å². The van der Waals surface area contributed by atoms with Gasteiger partial charge in [-0.3, -0.25) is 9.97 Å². The zero-order valence-electron chi connectivity index (χ0n) is 9.99. The van der Waals surface area contributed by atoms with E-state index in [0.29, 0.717) is 5.69 Å². The molecule has 4 heteroatoms. The lowest BCUT2D eigenvalue weighted by Gasteiger charge is -2.12. The van der Waals surface area contributed by atoms with Crippen LogP contribution in [0.2, 0.25) is 0 Å².